The third-order valence-corrected chi connectivity index (χ3v) is 3.88. The molecule has 2 atom stereocenters. The summed E-state index contributed by atoms with van der Waals surface area (Å²) in [6.07, 6.45) is -3.43. The minimum atomic E-state index is -4.40. The Bertz CT molecular complexity index is 451. The summed E-state index contributed by atoms with van der Waals surface area (Å²) in [5.74, 6) is 0.112. The van der Waals surface area contributed by atoms with Crippen LogP contribution >= 0.6 is 28.3 Å². The number of aliphatic hydroxyl groups is 1. The van der Waals surface area contributed by atoms with Crippen molar-refractivity contribution >= 4 is 28.3 Å². The van der Waals surface area contributed by atoms with Crippen LogP contribution in [0.4, 0.5) is 13.2 Å². The molecule has 1 fully saturated rings. The van der Waals surface area contributed by atoms with Crippen LogP contribution in [-0.2, 0) is 6.18 Å². The summed E-state index contributed by atoms with van der Waals surface area (Å²) >= 11 is 3.18. The molecule has 1 aromatic rings. The fourth-order valence-corrected chi connectivity index (χ4v) is 2.40. The quantitative estimate of drug-likeness (QED) is 0.864. The van der Waals surface area contributed by atoms with Gasteiger partial charge in [0.15, 0.2) is 0 Å². The Morgan fingerprint density at radius 2 is 1.89 bits per heavy atom. The molecule has 0 amide bonds. The van der Waals surface area contributed by atoms with Crippen LogP contribution < -0.4 is 5.73 Å². The van der Waals surface area contributed by atoms with Crippen LogP contribution in [0.25, 0.3) is 0 Å². The maximum absolute atomic E-state index is 12.6. The van der Waals surface area contributed by atoms with E-state index in [1.165, 1.54) is 6.07 Å². The van der Waals surface area contributed by atoms with Gasteiger partial charge >= 0.3 is 6.18 Å². The Hall–Kier alpha value is -0.300. The Kier molecular flexibility index (Phi) is 5.28. The third kappa shape index (κ3) is 3.84. The molecule has 2 nitrogen and oxygen atoms in total. The number of benzene rings is 1. The van der Waals surface area contributed by atoms with Crippen molar-refractivity contribution in [3.63, 3.8) is 0 Å². The Morgan fingerprint density at radius 3 is 2.37 bits per heavy atom. The number of nitrogens with two attached hydrogens (primary N) is 1. The highest BCUT2D eigenvalue weighted by Gasteiger charge is 2.36. The van der Waals surface area contributed by atoms with Crippen LogP contribution in [0.15, 0.2) is 22.7 Å². The second kappa shape index (κ2) is 5.99. The maximum Gasteiger partial charge on any atom is 0.416 e. The molecule has 0 aliphatic heterocycles. The second-order valence-electron chi connectivity index (χ2n) is 4.59. The zero-order valence-corrected chi connectivity index (χ0v) is 12.2. The summed E-state index contributed by atoms with van der Waals surface area (Å²) < 4.78 is 38.3. The first-order chi connectivity index (χ1) is 8.30. The highest BCUT2D eigenvalue weighted by molar-refractivity contribution is 9.10. The Morgan fingerprint density at radius 1 is 1.32 bits per heavy atom. The zero-order chi connectivity index (χ0) is 13.5. The number of aliphatic hydroxyl groups excluding tert-OH is 1. The summed E-state index contributed by atoms with van der Waals surface area (Å²) in [5, 5.41) is 9.90. The molecule has 0 bridgehead atoms. The van der Waals surface area contributed by atoms with Gasteiger partial charge in [-0.1, -0.05) is 15.9 Å². The normalized spacial score (nSPS) is 18.6. The monoisotopic (exact) mass is 359 g/mol. The van der Waals surface area contributed by atoms with Crippen molar-refractivity contribution in [3.05, 3.63) is 33.8 Å². The van der Waals surface area contributed by atoms with Gasteiger partial charge in [0.05, 0.1) is 17.7 Å². The molecule has 19 heavy (non-hydrogen) atoms. The largest absolute Gasteiger partial charge is 0.416 e. The highest BCUT2D eigenvalue weighted by Crippen LogP contribution is 2.40. The average molecular weight is 361 g/mol. The van der Waals surface area contributed by atoms with Crippen molar-refractivity contribution in [2.24, 2.45) is 11.7 Å². The molecule has 1 aromatic carbocycles. The second-order valence-corrected chi connectivity index (χ2v) is 5.44. The van der Waals surface area contributed by atoms with Gasteiger partial charge in [-0.3, -0.25) is 0 Å². The van der Waals surface area contributed by atoms with Gasteiger partial charge in [-0.05, 0) is 42.5 Å². The first-order valence-electron chi connectivity index (χ1n) is 5.61. The van der Waals surface area contributed by atoms with E-state index >= 15 is 0 Å². The smallest absolute Gasteiger partial charge is 0.391 e. The van der Waals surface area contributed by atoms with Gasteiger partial charge in [-0.2, -0.15) is 13.2 Å². The standard InChI is InChI=1S/C12H13BrF3NO.ClH/c13-9-4-3-7(12(14,15)16)5-8(9)10(17)11(18)6-1-2-6;/h3-6,10-11,18H,1-2,17H2;1H/t10-,11+;/m1./s1. The van der Waals surface area contributed by atoms with E-state index in [-0.39, 0.29) is 18.3 Å². The molecule has 3 N–H and O–H groups in total. The van der Waals surface area contributed by atoms with Gasteiger partial charge < -0.3 is 10.8 Å². The SMILES string of the molecule is Cl.N[C@H](c1cc(C(F)(F)F)ccc1Br)[C@@H](O)C1CC1. The molecular formula is C12H14BrClF3NO. The van der Waals surface area contributed by atoms with Gasteiger partial charge in [-0.15, -0.1) is 12.4 Å². The summed E-state index contributed by atoms with van der Waals surface area (Å²) in [5.41, 5.74) is 5.39. The summed E-state index contributed by atoms with van der Waals surface area (Å²) in [7, 11) is 0. The maximum atomic E-state index is 12.6. The fourth-order valence-electron chi connectivity index (χ4n) is 1.89. The van der Waals surface area contributed by atoms with Crippen LogP contribution in [0, 0.1) is 5.92 Å². The minimum absolute atomic E-state index is 0. The molecule has 1 aliphatic rings. The molecule has 0 heterocycles. The minimum Gasteiger partial charge on any atom is -0.391 e. The number of rotatable bonds is 3. The van der Waals surface area contributed by atoms with Crippen molar-refractivity contribution in [3.8, 4) is 0 Å². The van der Waals surface area contributed by atoms with Gasteiger partial charge in [0.2, 0.25) is 0 Å². The van der Waals surface area contributed by atoms with Gasteiger partial charge in [0.1, 0.15) is 0 Å². The van der Waals surface area contributed by atoms with E-state index in [9.17, 15) is 18.3 Å². The summed E-state index contributed by atoms with van der Waals surface area (Å²) in [6, 6.07) is 2.51. The van der Waals surface area contributed by atoms with E-state index in [0.29, 0.717) is 10.0 Å². The molecule has 0 aromatic heterocycles. The van der Waals surface area contributed by atoms with Crippen molar-refractivity contribution in [2.45, 2.75) is 31.2 Å². The first-order valence-corrected chi connectivity index (χ1v) is 6.40. The van der Waals surface area contributed by atoms with Crippen LogP contribution in [0.5, 0.6) is 0 Å². The van der Waals surface area contributed by atoms with Crippen LogP contribution in [0.3, 0.4) is 0 Å². The van der Waals surface area contributed by atoms with Crippen molar-refractivity contribution in [2.75, 3.05) is 0 Å². The van der Waals surface area contributed by atoms with Crippen LogP contribution in [0.1, 0.15) is 30.0 Å². The van der Waals surface area contributed by atoms with E-state index in [1.807, 2.05) is 0 Å². The van der Waals surface area contributed by atoms with Crippen molar-refractivity contribution in [1.82, 2.24) is 0 Å². The molecule has 0 radical (unpaired) electrons. The molecule has 0 unspecified atom stereocenters. The lowest BCUT2D eigenvalue weighted by Gasteiger charge is -2.21. The summed E-state index contributed by atoms with van der Waals surface area (Å²) in [4.78, 5) is 0. The predicted molar refractivity (Wildman–Crippen MR) is 72.1 cm³/mol. The van der Waals surface area contributed by atoms with E-state index < -0.39 is 23.9 Å². The lowest BCUT2D eigenvalue weighted by Crippen LogP contribution is -2.28. The number of hydrogen-bond acceptors (Lipinski definition) is 2. The van der Waals surface area contributed by atoms with Crippen LogP contribution in [-0.4, -0.2) is 11.2 Å². The van der Waals surface area contributed by atoms with E-state index in [2.05, 4.69) is 15.9 Å². The van der Waals surface area contributed by atoms with Crippen molar-refractivity contribution < 1.29 is 18.3 Å². The van der Waals surface area contributed by atoms with Gasteiger partial charge in [-0.25, -0.2) is 0 Å². The lowest BCUT2D eigenvalue weighted by atomic mass is 9.97. The van der Waals surface area contributed by atoms with Gasteiger partial charge in [0.25, 0.3) is 0 Å². The Balaban J connectivity index is 0.00000180. The molecule has 7 heteroatoms. The van der Waals surface area contributed by atoms with E-state index in [0.717, 1.165) is 25.0 Å². The molecule has 2 rings (SSSR count). The zero-order valence-electron chi connectivity index (χ0n) is 9.82. The van der Waals surface area contributed by atoms with E-state index in [4.69, 9.17) is 5.73 Å². The molecule has 1 saturated carbocycles. The average Bonchev–Trinajstić information content (AvgIpc) is 3.10. The molecule has 0 saturated heterocycles. The third-order valence-electron chi connectivity index (χ3n) is 3.16. The summed E-state index contributed by atoms with van der Waals surface area (Å²) in [6.45, 7) is 0. The highest BCUT2D eigenvalue weighted by atomic mass is 79.9. The fraction of sp³-hybridized carbons (Fsp3) is 0.500. The number of halogens is 5. The number of alkyl halides is 3. The molecule has 1 aliphatic carbocycles. The molecule has 108 valence electrons. The number of hydrogen-bond donors (Lipinski definition) is 2. The molecule has 0 spiro atoms. The van der Waals surface area contributed by atoms with Gasteiger partial charge in [0, 0.05) is 4.47 Å². The van der Waals surface area contributed by atoms with Crippen LogP contribution in [0.2, 0.25) is 0 Å². The van der Waals surface area contributed by atoms with E-state index in [1.54, 1.807) is 0 Å². The molecular weight excluding hydrogens is 346 g/mol. The topological polar surface area (TPSA) is 46.2 Å². The lowest BCUT2D eigenvalue weighted by molar-refractivity contribution is -0.137. The van der Waals surface area contributed by atoms with Crippen molar-refractivity contribution in [1.29, 1.82) is 0 Å². The predicted octanol–water partition coefficient (Wildman–Crippen LogP) is 3.66. The Labute approximate surface area is 123 Å². The first kappa shape index (κ1) is 16.8.